The van der Waals surface area contributed by atoms with Crippen molar-refractivity contribution < 1.29 is 13.8 Å². The highest BCUT2D eigenvalue weighted by Gasteiger charge is 2.13. The lowest BCUT2D eigenvalue weighted by Gasteiger charge is -2.09. The van der Waals surface area contributed by atoms with Crippen molar-refractivity contribution in [3.63, 3.8) is 0 Å². The molecule has 0 spiro atoms. The summed E-state index contributed by atoms with van der Waals surface area (Å²) >= 11 is 0. The van der Waals surface area contributed by atoms with Crippen molar-refractivity contribution in [1.29, 1.82) is 0 Å². The van der Waals surface area contributed by atoms with E-state index in [4.69, 9.17) is 8.83 Å². The van der Waals surface area contributed by atoms with Crippen LogP contribution in [0, 0.1) is 10.1 Å². The SMILES string of the molecule is C[C@H](NCc1ccc([N+](=O)[O-])o1)c1ccco1. The maximum absolute atomic E-state index is 10.4. The molecule has 2 heterocycles. The molecule has 6 heteroatoms. The largest absolute Gasteiger partial charge is 0.468 e. The van der Waals surface area contributed by atoms with Gasteiger partial charge in [0.15, 0.2) is 0 Å². The highest BCUT2D eigenvalue weighted by Crippen LogP contribution is 2.17. The van der Waals surface area contributed by atoms with Crippen LogP contribution >= 0.6 is 0 Å². The summed E-state index contributed by atoms with van der Waals surface area (Å²) in [5.41, 5.74) is 0. The van der Waals surface area contributed by atoms with E-state index in [0.29, 0.717) is 12.3 Å². The molecule has 1 atom stereocenters. The molecule has 0 aliphatic carbocycles. The number of hydrogen-bond donors (Lipinski definition) is 1. The van der Waals surface area contributed by atoms with Gasteiger partial charge in [-0.05, 0) is 25.1 Å². The van der Waals surface area contributed by atoms with Gasteiger partial charge in [0.2, 0.25) is 0 Å². The molecule has 90 valence electrons. The number of nitrogens with one attached hydrogen (secondary N) is 1. The number of hydrogen-bond acceptors (Lipinski definition) is 5. The van der Waals surface area contributed by atoms with Crippen LogP contribution in [0.15, 0.2) is 39.4 Å². The Morgan fingerprint density at radius 2 is 2.29 bits per heavy atom. The lowest BCUT2D eigenvalue weighted by atomic mass is 10.2. The van der Waals surface area contributed by atoms with Crippen LogP contribution in [0.25, 0.3) is 0 Å². The molecular formula is C11H12N2O4. The number of nitro groups is 1. The van der Waals surface area contributed by atoms with E-state index < -0.39 is 4.92 Å². The summed E-state index contributed by atoms with van der Waals surface area (Å²) in [6, 6.07) is 6.62. The van der Waals surface area contributed by atoms with Crippen molar-refractivity contribution in [2.75, 3.05) is 0 Å². The van der Waals surface area contributed by atoms with E-state index in [9.17, 15) is 10.1 Å². The fourth-order valence-electron chi connectivity index (χ4n) is 1.45. The predicted molar refractivity (Wildman–Crippen MR) is 59.3 cm³/mol. The lowest BCUT2D eigenvalue weighted by Crippen LogP contribution is -2.17. The molecule has 0 saturated carbocycles. The fourth-order valence-corrected chi connectivity index (χ4v) is 1.45. The normalized spacial score (nSPS) is 12.5. The Morgan fingerprint density at radius 3 is 2.88 bits per heavy atom. The summed E-state index contributed by atoms with van der Waals surface area (Å²) in [5, 5.41) is 13.6. The van der Waals surface area contributed by atoms with Gasteiger partial charge in [0.25, 0.3) is 0 Å². The van der Waals surface area contributed by atoms with E-state index in [2.05, 4.69) is 5.32 Å². The molecule has 0 bridgehead atoms. The highest BCUT2D eigenvalue weighted by atomic mass is 16.6. The van der Waals surface area contributed by atoms with Crippen LogP contribution < -0.4 is 5.32 Å². The van der Waals surface area contributed by atoms with Gasteiger partial charge < -0.3 is 14.2 Å². The minimum Gasteiger partial charge on any atom is -0.468 e. The second-order valence-electron chi connectivity index (χ2n) is 3.62. The second-order valence-corrected chi connectivity index (χ2v) is 3.62. The van der Waals surface area contributed by atoms with Crippen LogP contribution in [0.3, 0.4) is 0 Å². The molecule has 2 rings (SSSR count). The first-order valence-electron chi connectivity index (χ1n) is 5.16. The van der Waals surface area contributed by atoms with Crippen molar-refractivity contribution in [3.05, 3.63) is 52.2 Å². The fraction of sp³-hybridized carbons (Fsp3) is 0.273. The average Bonchev–Trinajstić information content (AvgIpc) is 2.97. The maximum Gasteiger partial charge on any atom is 0.433 e. The van der Waals surface area contributed by atoms with Crippen LogP contribution in [0.5, 0.6) is 0 Å². The number of rotatable bonds is 5. The summed E-state index contributed by atoms with van der Waals surface area (Å²) in [6.07, 6.45) is 1.60. The highest BCUT2D eigenvalue weighted by molar-refractivity contribution is 5.17. The number of furan rings is 2. The van der Waals surface area contributed by atoms with E-state index in [1.54, 1.807) is 12.3 Å². The Morgan fingerprint density at radius 1 is 1.47 bits per heavy atom. The van der Waals surface area contributed by atoms with E-state index >= 15 is 0 Å². The molecule has 0 aromatic carbocycles. The monoisotopic (exact) mass is 236 g/mol. The van der Waals surface area contributed by atoms with E-state index in [1.807, 2.05) is 19.1 Å². The van der Waals surface area contributed by atoms with E-state index in [1.165, 1.54) is 6.07 Å². The van der Waals surface area contributed by atoms with Crippen molar-refractivity contribution in [1.82, 2.24) is 5.32 Å². The standard InChI is InChI=1S/C11H12N2O4/c1-8(10-3-2-6-16-10)12-7-9-4-5-11(17-9)13(14)15/h2-6,8,12H,7H2,1H3/t8-/m0/s1. The average molecular weight is 236 g/mol. The lowest BCUT2D eigenvalue weighted by molar-refractivity contribution is -0.402. The molecular weight excluding hydrogens is 224 g/mol. The zero-order valence-electron chi connectivity index (χ0n) is 9.25. The van der Waals surface area contributed by atoms with Gasteiger partial charge in [-0.25, -0.2) is 0 Å². The number of nitrogens with zero attached hydrogens (tertiary/aromatic N) is 1. The molecule has 1 N–H and O–H groups in total. The first-order valence-corrected chi connectivity index (χ1v) is 5.16. The van der Waals surface area contributed by atoms with Crippen molar-refractivity contribution >= 4 is 5.88 Å². The molecule has 0 amide bonds. The van der Waals surface area contributed by atoms with Gasteiger partial charge in [-0.3, -0.25) is 10.1 Å². The van der Waals surface area contributed by atoms with Crippen LogP contribution in [-0.4, -0.2) is 4.92 Å². The first-order chi connectivity index (χ1) is 8.16. The molecule has 2 aromatic heterocycles. The molecule has 0 unspecified atom stereocenters. The van der Waals surface area contributed by atoms with Crippen LogP contribution in [0.1, 0.15) is 24.5 Å². The third-order valence-corrected chi connectivity index (χ3v) is 2.38. The summed E-state index contributed by atoms with van der Waals surface area (Å²) in [6.45, 7) is 2.35. The summed E-state index contributed by atoms with van der Waals surface area (Å²) in [4.78, 5) is 9.86. The van der Waals surface area contributed by atoms with E-state index in [-0.39, 0.29) is 11.9 Å². The topological polar surface area (TPSA) is 81.5 Å². The third kappa shape index (κ3) is 2.73. The van der Waals surface area contributed by atoms with Gasteiger partial charge in [0.1, 0.15) is 16.4 Å². The Kier molecular flexibility index (Phi) is 3.24. The van der Waals surface area contributed by atoms with Crippen molar-refractivity contribution in [3.8, 4) is 0 Å². The molecule has 0 aliphatic heterocycles. The Balaban J connectivity index is 1.91. The molecule has 6 nitrogen and oxygen atoms in total. The van der Waals surface area contributed by atoms with E-state index in [0.717, 1.165) is 5.76 Å². The molecule has 0 saturated heterocycles. The molecule has 0 radical (unpaired) electrons. The maximum atomic E-state index is 10.4. The summed E-state index contributed by atoms with van der Waals surface area (Å²) < 4.78 is 10.2. The zero-order chi connectivity index (χ0) is 12.3. The Bertz CT molecular complexity index is 489. The quantitative estimate of drug-likeness (QED) is 0.637. The van der Waals surface area contributed by atoms with Gasteiger partial charge in [0, 0.05) is 0 Å². The van der Waals surface area contributed by atoms with Crippen LogP contribution in [0.4, 0.5) is 5.88 Å². The summed E-state index contributed by atoms with van der Waals surface area (Å²) in [5.74, 6) is 1.09. The zero-order valence-corrected chi connectivity index (χ0v) is 9.25. The third-order valence-electron chi connectivity index (χ3n) is 2.38. The molecule has 17 heavy (non-hydrogen) atoms. The molecule has 0 aliphatic rings. The summed E-state index contributed by atoms with van der Waals surface area (Å²) in [7, 11) is 0. The smallest absolute Gasteiger partial charge is 0.433 e. The van der Waals surface area contributed by atoms with Gasteiger partial charge in [-0.2, -0.15) is 0 Å². The predicted octanol–water partition coefficient (Wildman–Crippen LogP) is 2.63. The van der Waals surface area contributed by atoms with Gasteiger partial charge in [-0.15, -0.1) is 0 Å². The Hall–Kier alpha value is -2.08. The van der Waals surface area contributed by atoms with Crippen molar-refractivity contribution in [2.24, 2.45) is 0 Å². The minimum absolute atomic E-state index is 0.0224. The minimum atomic E-state index is -0.556. The van der Waals surface area contributed by atoms with Crippen molar-refractivity contribution in [2.45, 2.75) is 19.5 Å². The van der Waals surface area contributed by atoms with Gasteiger partial charge in [0.05, 0.1) is 24.9 Å². The van der Waals surface area contributed by atoms with Crippen LogP contribution in [-0.2, 0) is 6.54 Å². The molecule has 2 aromatic rings. The second kappa shape index (κ2) is 4.84. The first kappa shape index (κ1) is 11.4. The van der Waals surface area contributed by atoms with Gasteiger partial charge in [-0.1, -0.05) is 0 Å². The van der Waals surface area contributed by atoms with Gasteiger partial charge >= 0.3 is 5.88 Å². The van der Waals surface area contributed by atoms with Crippen LogP contribution in [0.2, 0.25) is 0 Å². The Labute approximate surface area is 97.4 Å². The molecule has 0 fully saturated rings.